The zero-order valence-corrected chi connectivity index (χ0v) is 10.9. The van der Waals surface area contributed by atoms with Crippen molar-refractivity contribution in [2.45, 2.75) is 38.3 Å². The molecule has 1 aliphatic rings. The number of aliphatic hydroxyl groups excluding tert-OH is 1. The topological polar surface area (TPSA) is 40.5 Å². The molecule has 0 aromatic heterocycles. The van der Waals surface area contributed by atoms with Gasteiger partial charge >= 0.3 is 6.18 Å². The summed E-state index contributed by atoms with van der Waals surface area (Å²) in [5, 5.41) is 8.76. The number of nitrogens with zero attached hydrogens (tertiary/aromatic N) is 1. The average molecular weight is 303 g/mol. The molecule has 0 aromatic rings. The molecule has 0 aromatic carbocycles. The minimum atomic E-state index is -4.50. The van der Waals surface area contributed by atoms with Crippen LogP contribution in [0.3, 0.4) is 0 Å². The monoisotopic (exact) mass is 303 g/mol. The summed E-state index contributed by atoms with van der Waals surface area (Å²) in [5.41, 5.74) is 0. The van der Waals surface area contributed by atoms with Crippen LogP contribution >= 0.6 is 0 Å². The summed E-state index contributed by atoms with van der Waals surface area (Å²) < 4.78 is 63.4. The fourth-order valence-corrected chi connectivity index (χ4v) is 2.63. The first kappa shape index (κ1) is 17.1. The quantitative estimate of drug-likeness (QED) is 0.793. The Morgan fingerprint density at radius 3 is 2.35 bits per heavy atom. The van der Waals surface area contributed by atoms with Crippen molar-refractivity contribution in [1.82, 2.24) is 4.90 Å². The minimum Gasteiger partial charge on any atom is -0.395 e. The van der Waals surface area contributed by atoms with Gasteiger partial charge < -0.3 is 10.0 Å². The number of carbonyl (C=O) groups excluding carboxylic acids is 1. The Morgan fingerprint density at radius 2 is 1.85 bits per heavy atom. The van der Waals surface area contributed by atoms with E-state index in [2.05, 4.69) is 0 Å². The number of hydrogen-bond donors (Lipinski definition) is 1. The largest absolute Gasteiger partial charge is 0.395 e. The molecule has 0 aliphatic heterocycles. The molecule has 2 atom stereocenters. The van der Waals surface area contributed by atoms with E-state index in [1.165, 1.54) is 0 Å². The summed E-state index contributed by atoms with van der Waals surface area (Å²) >= 11 is 0. The Bertz CT molecular complexity index is 321. The molecule has 0 spiro atoms. The average Bonchev–Trinajstić information content (AvgIpc) is 2.36. The fourth-order valence-electron chi connectivity index (χ4n) is 2.63. The van der Waals surface area contributed by atoms with Crippen LogP contribution in [-0.2, 0) is 4.79 Å². The van der Waals surface area contributed by atoms with Crippen molar-refractivity contribution in [3.8, 4) is 0 Å². The number of aliphatic hydroxyl groups is 1. The zero-order chi connectivity index (χ0) is 15.3. The van der Waals surface area contributed by atoms with E-state index in [1.54, 1.807) is 0 Å². The van der Waals surface area contributed by atoms with Crippen molar-refractivity contribution >= 4 is 5.91 Å². The van der Waals surface area contributed by atoms with Crippen molar-refractivity contribution in [3.63, 3.8) is 0 Å². The molecule has 1 saturated carbocycles. The molecule has 0 bridgehead atoms. The van der Waals surface area contributed by atoms with Gasteiger partial charge in [-0.05, 0) is 12.8 Å². The molecule has 8 heteroatoms. The summed E-state index contributed by atoms with van der Waals surface area (Å²) in [5.74, 6) is -4.02. The lowest BCUT2D eigenvalue weighted by Gasteiger charge is -2.35. The van der Waals surface area contributed by atoms with Crippen molar-refractivity contribution in [2.75, 3.05) is 19.7 Å². The highest BCUT2D eigenvalue weighted by Crippen LogP contribution is 2.42. The maximum absolute atomic E-state index is 12.9. The summed E-state index contributed by atoms with van der Waals surface area (Å²) in [6.45, 7) is -1.87. The lowest BCUT2D eigenvalue weighted by molar-refractivity contribution is -0.201. The number of rotatable bonds is 5. The maximum atomic E-state index is 12.9. The third-order valence-electron chi connectivity index (χ3n) is 3.54. The van der Waals surface area contributed by atoms with Gasteiger partial charge in [0.15, 0.2) is 0 Å². The lowest BCUT2D eigenvalue weighted by atomic mass is 9.78. The molecule has 1 rings (SSSR count). The van der Waals surface area contributed by atoms with Crippen molar-refractivity contribution in [2.24, 2.45) is 11.8 Å². The van der Waals surface area contributed by atoms with E-state index in [4.69, 9.17) is 5.11 Å². The van der Waals surface area contributed by atoms with E-state index in [0.717, 1.165) is 0 Å². The van der Waals surface area contributed by atoms with Gasteiger partial charge in [-0.2, -0.15) is 13.2 Å². The Kier molecular flexibility index (Phi) is 6.16. The Hall–Kier alpha value is -0.920. The molecule has 0 heterocycles. The zero-order valence-electron chi connectivity index (χ0n) is 10.9. The number of carbonyl (C=O) groups is 1. The van der Waals surface area contributed by atoms with Crippen LogP contribution in [-0.4, -0.2) is 48.2 Å². The number of hydrogen-bond acceptors (Lipinski definition) is 2. The summed E-state index contributed by atoms with van der Waals surface area (Å²) in [4.78, 5) is 12.7. The summed E-state index contributed by atoms with van der Waals surface area (Å²) in [6.07, 6.45) is -6.59. The molecule has 20 heavy (non-hydrogen) atoms. The van der Waals surface area contributed by atoms with Crippen LogP contribution in [0.5, 0.6) is 0 Å². The third kappa shape index (κ3) is 4.57. The van der Waals surface area contributed by atoms with Crippen LogP contribution in [0, 0.1) is 11.8 Å². The summed E-state index contributed by atoms with van der Waals surface area (Å²) in [6, 6.07) is 0. The first-order valence-corrected chi connectivity index (χ1v) is 6.52. The molecular formula is C12H18F5NO2. The van der Waals surface area contributed by atoms with Gasteiger partial charge in [-0.25, -0.2) is 8.78 Å². The highest BCUT2D eigenvalue weighted by molar-refractivity contribution is 5.79. The van der Waals surface area contributed by atoms with E-state index in [0.29, 0.717) is 17.7 Å². The van der Waals surface area contributed by atoms with Gasteiger partial charge in [-0.3, -0.25) is 4.79 Å². The highest BCUT2D eigenvalue weighted by Gasteiger charge is 2.49. The van der Waals surface area contributed by atoms with E-state index >= 15 is 0 Å². The van der Waals surface area contributed by atoms with Crippen LogP contribution in [0.15, 0.2) is 0 Å². The second-order valence-electron chi connectivity index (χ2n) is 4.94. The van der Waals surface area contributed by atoms with Gasteiger partial charge in [0.1, 0.15) is 0 Å². The van der Waals surface area contributed by atoms with Gasteiger partial charge in [0.05, 0.1) is 19.1 Å². The van der Waals surface area contributed by atoms with Crippen LogP contribution in [0.2, 0.25) is 0 Å². The second-order valence-corrected chi connectivity index (χ2v) is 4.94. The Labute approximate surface area is 113 Å². The van der Waals surface area contributed by atoms with Gasteiger partial charge in [-0.15, -0.1) is 0 Å². The van der Waals surface area contributed by atoms with Gasteiger partial charge in [0.25, 0.3) is 6.43 Å². The minimum absolute atomic E-state index is 0.0498. The summed E-state index contributed by atoms with van der Waals surface area (Å²) in [7, 11) is 0. The lowest BCUT2D eigenvalue weighted by Crippen LogP contribution is -2.47. The molecule has 1 aliphatic carbocycles. The molecule has 0 radical (unpaired) electrons. The van der Waals surface area contributed by atoms with Gasteiger partial charge in [-0.1, -0.05) is 12.8 Å². The fraction of sp³-hybridized carbons (Fsp3) is 0.917. The van der Waals surface area contributed by atoms with Crippen LogP contribution in [0.25, 0.3) is 0 Å². The number of alkyl halides is 5. The number of amides is 1. The van der Waals surface area contributed by atoms with Gasteiger partial charge in [0, 0.05) is 12.5 Å². The molecule has 1 fully saturated rings. The molecule has 1 amide bonds. The standard InChI is InChI=1S/C12H18F5NO2/c13-10(14)7-18(5-6-19)11(20)8-3-1-2-4-9(8)12(15,16)17/h8-10,19H,1-7H2. The smallest absolute Gasteiger partial charge is 0.392 e. The normalized spacial score (nSPS) is 23.9. The number of halogens is 5. The highest BCUT2D eigenvalue weighted by atomic mass is 19.4. The molecule has 2 unspecified atom stereocenters. The second kappa shape index (κ2) is 7.19. The van der Waals surface area contributed by atoms with Crippen molar-refractivity contribution < 1.29 is 31.9 Å². The van der Waals surface area contributed by atoms with Crippen LogP contribution in [0.1, 0.15) is 25.7 Å². The molecule has 3 nitrogen and oxygen atoms in total. The predicted octanol–water partition coefficient (Wildman–Crippen LogP) is 2.44. The maximum Gasteiger partial charge on any atom is 0.392 e. The molecule has 1 N–H and O–H groups in total. The first-order chi connectivity index (χ1) is 9.27. The van der Waals surface area contributed by atoms with Crippen LogP contribution < -0.4 is 0 Å². The van der Waals surface area contributed by atoms with E-state index < -0.39 is 43.5 Å². The van der Waals surface area contributed by atoms with Crippen molar-refractivity contribution in [3.05, 3.63) is 0 Å². The van der Waals surface area contributed by atoms with E-state index in [1.807, 2.05) is 0 Å². The Balaban J connectivity index is 2.83. The SMILES string of the molecule is O=C(C1CCCCC1C(F)(F)F)N(CCO)CC(F)F. The third-order valence-corrected chi connectivity index (χ3v) is 3.54. The Morgan fingerprint density at radius 1 is 1.25 bits per heavy atom. The van der Waals surface area contributed by atoms with E-state index in [-0.39, 0.29) is 19.4 Å². The molecular weight excluding hydrogens is 285 g/mol. The molecule has 118 valence electrons. The first-order valence-electron chi connectivity index (χ1n) is 6.52. The van der Waals surface area contributed by atoms with Crippen molar-refractivity contribution in [1.29, 1.82) is 0 Å². The molecule has 0 saturated heterocycles. The predicted molar refractivity (Wildman–Crippen MR) is 61.2 cm³/mol. The van der Waals surface area contributed by atoms with Gasteiger partial charge in [0.2, 0.25) is 5.91 Å². The van der Waals surface area contributed by atoms with Crippen LogP contribution in [0.4, 0.5) is 22.0 Å². The van der Waals surface area contributed by atoms with E-state index in [9.17, 15) is 26.7 Å².